The third kappa shape index (κ3) is 4.67. The third-order valence-electron chi connectivity index (χ3n) is 6.02. The molecule has 2 aliphatic heterocycles. The van der Waals surface area contributed by atoms with Crippen LogP contribution < -0.4 is 5.32 Å². The van der Waals surface area contributed by atoms with Crippen LogP contribution in [0.5, 0.6) is 0 Å². The van der Waals surface area contributed by atoms with Gasteiger partial charge >= 0.3 is 11.9 Å². The summed E-state index contributed by atoms with van der Waals surface area (Å²) in [4.78, 5) is 62.1. The van der Waals surface area contributed by atoms with Gasteiger partial charge in [-0.3, -0.25) is 19.3 Å². The number of fused-ring (bicyclic) bond motifs is 1. The van der Waals surface area contributed by atoms with Crippen LogP contribution >= 0.6 is 0 Å². The van der Waals surface area contributed by atoms with Crippen LogP contribution in [-0.4, -0.2) is 64.5 Å². The van der Waals surface area contributed by atoms with Gasteiger partial charge in [-0.2, -0.15) is 0 Å². The normalized spacial score (nSPS) is 15.8. The number of anilines is 1. The molecule has 0 saturated carbocycles. The molecule has 0 spiro atoms. The minimum atomic E-state index is -1.35. The lowest BCUT2D eigenvalue weighted by Crippen LogP contribution is -2.32. The van der Waals surface area contributed by atoms with Crippen molar-refractivity contribution in [1.29, 1.82) is 0 Å². The predicted molar refractivity (Wildman–Crippen MR) is 118 cm³/mol. The molecule has 0 atom stereocenters. The second kappa shape index (κ2) is 9.44. The van der Waals surface area contributed by atoms with Crippen molar-refractivity contribution in [2.24, 2.45) is 5.92 Å². The zero-order valence-electron chi connectivity index (χ0n) is 18.1. The number of benzene rings is 2. The first-order chi connectivity index (χ1) is 16.2. The van der Waals surface area contributed by atoms with Gasteiger partial charge in [-0.25, -0.2) is 9.59 Å². The Morgan fingerprint density at radius 1 is 0.882 bits per heavy atom. The van der Waals surface area contributed by atoms with E-state index in [1.54, 1.807) is 0 Å². The van der Waals surface area contributed by atoms with Gasteiger partial charge in [0, 0.05) is 31.0 Å². The summed E-state index contributed by atoms with van der Waals surface area (Å²) in [6.07, 6.45) is 2.47. The van der Waals surface area contributed by atoms with Crippen LogP contribution in [0.25, 0.3) is 0 Å². The lowest BCUT2D eigenvalue weighted by atomic mass is 9.96. The first-order valence-electron chi connectivity index (χ1n) is 10.8. The number of nitrogens with zero attached hydrogens (tertiary/aromatic N) is 1. The van der Waals surface area contributed by atoms with E-state index in [2.05, 4.69) is 5.32 Å². The third-order valence-corrected chi connectivity index (χ3v) is 6.02. The molecule has 34 heavy (non-hydrogen) atoms. The summed E-state index contributed by atoms with van der Waals surface area (Å²) < 4.78 is 5.34. The highest BCUT2D eigenvalue weighted by molar-refractivity contribution is 6.22. The maximum Gasteiger partial charge on any atom is 0.335 e. The van der Waals surface area contributed by atoms with Gasteiger partial charge in [0.1, 0.15) is 0 Å². The Balaban J connectivity index is 1.50. The quantitative estimate of drug-likeness (QED) is 0.527. The fourth-order valence-corrected chi connectivity index (χ4v) is 4.13. The number of hydrogen-bond donors (Lipinski definition) is 3. The Kier molecular flexibility index (Phi) is 6.42. The molecule has 1 saturated heterocycles. The van der Waals surface area contributed by atoms with Gasteiger partial charge in [-0.05, 0) is 61.6 Å². The minimum Gasteiger partial charge on any atom is -0.478 e. The molecule has 0 radical (unpaired) electrons. The monoisotopic (exact) mass is 466 g/mol. The van der Waals surface area contributed by atoms with Crippen LogP contribution in [0.1, 0.15) is 71.1 Å². The average molecular weight is 466 g/mol. The van der Waals surface area contributed by atoms with Gasteiger partial charge in [-0.15, -0.1) is 0 Å². The van der Waals surface area contributed by atoms with Crippen molar-refractivity contribution < 1.29 is 38.9 Å². The molecule has 2 aromatic carbocycles. The van der Waals surface area contributed by atoms with Crippen molar-refractivity contribution in [3.05, 3.63) is 64.2 Å². The van der Waals surface area contributed by atoms with Crippen molar-refractivity contribution in [2.75, 3.05) is 25.1 Å². The number of nitrogens with one attached hydrogen (secondary N) is 1. The van der Waals surface area contributed by atoms with E-state index in [0.29, 0.717) is 32.1 Å². The lowest BCUT2D eigenvalue weighted by Gasteiger charge is -2.23. The molecule has 2 aliphatic rings. The largest absolute Gasteiger partial charge is 0.478 e. The van der Waals surface area contributed by atoms with Crippen LogP contribution in [-0.2, 0) is 4.74 Å². The standard InChI is InChI=1S/C24H22N2O8/c27-20(25-17-10-15(23(30)31)9-16(11-17)24(32)33)14-1-2-18-19(12-14)22(29)26(21(18)28)6-3-13-4-7-34-8-5-13/h1-2,9-13H,3-8H2,(H,25,27)(H,30,31)(H,32,33). The van der Waals surface area contributed by atoms with E-state index in [1.807, 2.05) is 0 Å². The topological polar surface area (TPSA) is 150 Å². The number of imide groups is 1. The van der Waals surface area contributed by atoms with Gasteiger partial charge in [0.05, 0.1) is 22.3 Å². The minimum absolute atomic E-state index is 0.0247. The highest BCUT2D eigenvalue weighted by Gasteiger charge is 2.36. The van der Waals surface area contributed by atoms with E-state index >= 15 is 0 Å². The van der Waals surface area contributed by atoms with Crippen molar-refractivity contribution in [1.82, 2.24) is 4.90 Å². The maximum atomic E-state index is 12.9. The fraction of sp³-hybridized carbons (Fsp3) is 0.292. The number of carboxylic acids is 2. The van der Waals surface area contributed by atoms with E-state index in [0.717, 1.165) is 31.0 Å². The highest BCUT2D eigenvalue weighted by atomic mass is 16.5. The van der Waals surface area contributed by atoms with Gasteiger partial charge in [-0.1, -0.05) is 0 Å². The number of rotatable bonds is 7. The predicted octanol–water partition coefficient (Wildman–Crippen LogP) is 2.75. The second-order valence-corrected chi connectivity index (χ2v) is 8.23. The molecular weight excluding hydrogens is 444 g/mol. The summed E-state index contributed by atoms with van der Waals surface area (Å²) in [6, 6.07) is 7.36. The molecule has 1 fully saturated rings. The number of hydrogen-bond acceptors (Lipinski definition) is 6. The molecule has 0 unspecified atom stereocenters. The first kappa shape index (κ1) is 23.1. The van der Waals surface area contributed by atoms with Crippen molar-refractivity contribution in [3.8, 4) is 0 Å². The zero-order chi connectivity index (χ0) is 24.4. The summed E-state index contributed by atoms with van der Waals surface area (Å²) in [6.45, 7) is 1.64. The summed E-state index contributed by atoms with van der Waals surface area (Å²) in [5, 5.41) is 20.8. The SMILES string of the molecule is O=C(O)c1cc(NC(=O)c2ccc3c(c2)C(=O)N(CCC2CCOCC2)C3=O)cc(C(=O)O)c1. The van der Waals surface area contributed by atoms with Gasteiger partial charge < -0.3 is 20.3 Å². The van der Waals surface area contributed by atoms with Gasteiger partial charge in [0.15, 0.2) is 0 Å². The Labute approximate surface area is 194 Å². The number of carboxylic acid groups (broad SMARTS) is 2. The van der Waals surface area contributed by atoms with Crippen LogP contribution in [0.4, 0.5) is 5.69 Å². The maximum absolute atomic E-state index is 12.9. The molecule has 176 valence electrons. The number of carbonyl (C=O) groups excluding carboxylic acids is 3. The Morgan fingerprint density at radius 3 is 2.12 bits per heavy atom. The summed E-state index contributed by atoms with van der Waals surface area (Å²) in [7, 11) is 0. The fourth-order valence-electron chi connectivity index (χ4n) is 4.13. The molecule has 0 aliphatic carbocycles. The highest BCUT2D eigenvalue weighted by Crippen LogP contribution is 2.27. The van der Waals surface area contributed by atoms with Crippen molar-refractivity contribution in [2.45, 2.75) is 19.3 Å². The van der Waals surface area contributed by atoms with Gasteiger partial charge in [0.25, 0.3) is 17.7 Å². The van der Waals surface area contributed by atoms with Crippen molar-refractivity contribution >= 4 is 35.3 Å². The smallest absolute Gasteiger partial charge is 0.335 e. The number of amides is 3. The number of carbonyl (C=O) groups is 5. The molecule has 3 N–H and O–H groups in total. The van der Waals surface area contributed by atoms with E-state index in [4.69, 9.17) is 4.74 Å². The van der Waals surface area contributed by atoms with Crippen molar-refractivity contribution in [3.63, 3.8) is 0 Å². The van der Waals surface area contributed by atoms with Crippen LogP contribution in [0, 0.1) is 5.92 Å². The first-order valence-corrected chi connectivity index (χ1v) is 10.8. The Bertz CT molecular complexity index is 1170. The summed E-state index contributed by atoms with van der Waals surface area (Å²) in [5.41, 5.74) is -0.216. The van der Waals surface area contributed by atoms with E-state index in [9.17, 15) is 34.2 Å². The lowest BCUT2D eigenvalue weighted by molar-refractivity contribution is 0.0535. The molecule has 3 amide bonds. The molecule has 4 rings (SSSR count). The van der Waals surface area contributed by atoms with E-state index < -0.39 is 29.7 Å². The van der Waals surface area contributed by atoms with Gasteiger partial charge in [0.2, 0.25) is 0 Å². The number of aromatic carboxylic acids is 2. The Morgan fingerprint density at radius 2 is 1.50 bits per heavy atom. The molecule has 0 bridgehead atoms. The number of ether oxygens (including phenoxy) is 1. The average Bonchev–Trinajstić information content (AvgIpc) is 3.07. The van der Waals surface area contributed by atoms with Crippen LogP contribution in [0.3, 0.4) is 0 Å². The van der Waals surface area contributed by atoms with E-state index in [-0.39, 0.29) is 33.5 Å². The summed E-state index contributed by atoms with van der Waals surface area (Å²) >= 11 is 0. The summed E-state index contributed by atoms with van der Waals surface area (Å²) in [5.74, 6) is -3.86. The molecule has 10 heteroatoms. The molecular formula is C24H22N2O8. The molecule has 2 aromatic rings. The molecule has 2 heterocycles. The van der Waals surface area contributed by atoms with Crippen LogP contribution in [0.15, 0.2) is 36.4 Å². The molecule has 10 nitrogen and oxygen atoms in total. The zero-order valence-corrected chi connectivity index (χ0v) is 18.1. The van der Waals surface area contributed by atoms with E-state index in [1.165, 1.54) is 23.1 Å². The van der Waals surface area contributed by atoms with Crippen LogP contribution in [0.2, 0.25) is 0 Å². The molecule has 0 aromatic heterocycles. The Hall–Kier alpha value is -4.05. The second-order valence-electron chi connectivity index (χ2n) is 8.23.